The number of aryl methyl sites for hydroxylation is 1. The second-order valence-corrected chi connectivity index (χ2v) is 7.88. The Hall–Kier alpha value is -2.63. The highest BCUT2D eigenvalue weighted by Gasteiger charge is 2.22. The van der Waals surface area contributed by atoms with Gasteiger partial charge >= 0.3 is 0 Å². The van der Waals surface area contributed by atoms with E-state index in [1.807, 2.05) is 53.8 Å². The highest BCUT2D eigenvalue weighted by Crippen LogP contribution is 2.23. The number of hydrogen-bond donors (Lipinski definition) is 0. The van der Waals surface area contributed by atoms with Crippen molar-refractivity contribution in [3.05, 3.63) is 82.1 Å². The molecule has 1 aliphatic rings. The summed E-state index contributed by atoms with van der Waals surface area (Å²) in [6.07, 6.45) is 0. The number of nitrogens with zero attached hydrogens (tertiary/aromatic N) is 4. The molecule has 29 heavy (non-hydrogen) atoms. The molecule has 0 spiro atoms. The molecule has 0 atom stereocenters. The monoisotopic (exact) mass is 408 g/mol. The molecule has 4 rings (SSSR count). The summed E-state index contributed by atoms with van der Waals surface area (Å²) in [5.74, 6) is 0.0855. The molecule has 1 saturated heterocycles. The SMILES string of the molecule is Cc1nn(-c2ccc(C(=O)N3CCN(Cc4ccccc4)CC3)cc2)c(C)c1Cl. The molecule has 150 valence electrons. The number of hydrogen-bond acceptors (Lipinski definition) is 3. The third-order valence-corrected chi connectivity index (χ3v) is 6.02. The van der Waals surface area contributed by atoms with Gasteiger partial charge in [0.15, 0.2) is 0 Å². The predicted molar refractivity (Wildman–Crippen MR) is 116 cm³/mol. The number of amides is 1. The van der Waals surface area contributed by atoms with Gasteiger partial charge in [0.2, 0.25) is 0 Å². The second-order valence-electron chi connectivity index (χ2n) is 7.50. The lowest BCUT2D eigenvalue weighted by atomic mass is 10.1. The molecule has 2 aromatic carbocycles. The van der Waals surface area contributed by atoms with Crippen molar-refractivity contribution in [1.82, 2.24) is 19.6 Å². The third kappa shape index (κ3) is 4.21. The van der Waals surface area contributed by atoms with E-state index in [0.717, 1.165) is 49.8 Å². The van der Waals surface area contributed by atoms with Crippen molar-refractivity contribution in [1.29, 1.82) is 0 Å². The minimum Gasteiger partial charge on any atom is -0.336 e. The molecule has 0 bridgehead atoms. The van der Waals surface area contributed by atoms with E-state index in [0.29, 0.717) is 10.6 Å². The fourth-order valence-corrected chi connectivity index (χ4v) is 3.87. The van der Waals surface area contributed by atoms with E-state index in [-0.39, 0.29) is 5.91 Å². The minimum absolute atomic E-state index is 0.0855. The molecule has 1 fully saturated rings. The number of carbonyl (C=O) groups is 1. The molecule has 2 heterocycles. The summed E-state index contributed by atoms with van der Waals surface area (Å²) in [5, 5.41) is 5.15. The van der Waals surface area contributed by atoms with Gasteiger partial charge in [-0.15, -0.1) is 0 Å². The van der Waals surface area contributed by atoms with Crippen molar-refractivity contribution in [3.8, 4) is 5.69 Å². The molecule has 0 radical (unpaired) electrons. The Morgan fingerprint density at radius 3 is 2.21 bits per heavy atom. The smallest absolute Gasteiger partial charge is 0.253 e. The summed E-state index contributed by atoms with van der Waals surface area (Å²) >= 11 is 6.25. The van der Waals surface area contributed by atoms with Crippen LogP contribution in [0.15, 0.2) is 54.6 Å². The highest BCUT2D eigenvalue weighted by molar-refractivity contribution is 6.31. The van der Waals surface area contributed by atoms with Crippen LogP contribution in [0.2, 0.25) is 5.02 Å². The van der Waals surface area contributed by atoms with Crippen LogP contribution < -0.4 is 0 Å². The molecular weight excluding hydrogens is 384 g/mol. The normalized spacial score (nSPS) is 14.9. The molecule has 0 unspecified atom stereocenters. The van der Waals surface area contributed by atoms with Gasteiger partial charge in [0.25, 0.3) is 5.91 Å². The Bertz CT molecular complexity index is 990. The van der Waals surface area contributed by atoms with Crippen LogP contribution in [-0.2, 0) is 6.54 Å². The van der Waals surface area contributed by atoms with E-state index in [9.17, 15) is 4.79 Å². The minimum atomic E-state index is 0.0855. The Balaban J connectivity index is 1.38. The van der Waals surface area contributed by atoms with E-state index >= 15 is 0 Å². The number of halogens is 1. The van der Waals surface area contributed by atoms with Gasteiger partial charge in [-0.3, -0.25) is 9.69 Å². The molecule has 5 nitrogen and oxygen atoms in total. The van der Waals surface area contributed by atoms with Crippen LogP contribution in [0, 0.1) is 13.8 Å². The van der Waals surface area contributed by atoms with Gasteiger partial charge in [0.1, 0.15) is 0 Å². The van der Waals surface area contributed by atoms with Crippen LogP contribution in [0.5, 0.6) is 0 Å². The molecule has 0 N–H and O–H groups in total. The first-order valence-electron chi connectivity index (χ1n) is 9.90. The summed E-state index contributed by atoms with van der Waals surface area (Å²) in [4.78, 5) is 17.2. The van der Waals surface area contributed by atoms with E-state index in [4.69, 9.17) is 11.6 Å². The summed E-state index contributed by atoms with van der Waals surface area (Å²) in [6, 6.07) is 18.1. The van der Waals surface area contributed by atoms with Crippen LogP contribution in [-0.4, -0.2) is 51.7 Å². The van der Waals surface area contributed by atoms with Crippen molar-refractivity contribution in [3.63, 3.8) is 0 Å². The molecule has 1 aromatic heterocycles. The topological polar surface area (TPSA) is 41.4 Å². The van der Waals surface area contributed by atoms with Crippen LogP contribution in [0.4, 0.5) is 0 Å². The van der Waals surface area contributed by atoms with E-state index in [2.05, 4.69) is 34.3 Å². The standard InChI is InChI=1S/C23H25ClN4O/c1-17-22(24)18(2)28(25-17)21-10-8-20(9-11-21)23(29)27-14-12-26(13-15-27)16-19-6-4-3-5-7-19/h3-11H,12-16H2,1-2H3. The zero-order valence-electron chi connectivity index (χ0n) is 16.8. The van der Waals surface area contributed by atoms with Crippen molar-refractivity contribution in [2.24, 2.45) is 0 Å². The summed E-state index contributed by atoms with van der Waals surface area (Å²) in [6.45, 7) is 8.05. The number of carbonyl (C=O) groups excluding carboxylic acids is 1. The summed E-state index contributed by atoms with van der Waals surface area (Å²) in [5.41, 5.74) is 4.63. The van der Waals surface area contributed by atoms with Crippen molar-refractivity contribution < 1.29 is 4.79 Å². The number of rotatable bonds is 4. The van der Waals surface area contributed by atoms with Gasteiger partial charge in [-0.2, -0.15) is 5.10 Å². The van der Waals surface area contributed by atoms with Crippen LogP contribution >= 0.6 is 11.6 Å². The number of benzene rings is 2. The molecule has 0 saturated carbocycles. The van der Waals surface area contributed by atoms with Gasteiger partial charge in [0, 0.05) is 38.3 Å². The number of piperazine rings is 1. The third-order valence-electron chi connectivity index (χ3n) is 5.47. The zero-order valence-corrected chi connectivity index (χ0v) is 17.6. The van der Waals surface area contributed by atoms with Crippen LogP contribution in [0.25, 0.3) is 5.69 Å². The molecule has 6 heteroatoms. The first-order valence-corrected chi connectivity index (χ1v) is 10.3. The Morgan fingerprint density at radius 2 is 1.62 bits per heavy atom. The first kappa shape index (κ1) is 19.7. The zero-order chi connectivity index (χ0) is 20.4. The van der Waals surface area contributed by atoms with Gasteiger partial charge in [-0.05, 0) is 43.7 Å². The van der Waals surface area contributed by atoms with Crippen molar-refractivity contribution in [2.45, 2.75) is 20.4 Å². The molecule has 3 aromatic rings. The lowest BCUT2D eigenvalue weighted by Gasteiger charge is -2.34. The molecular formula is C23H25ClN4O. The maximum absolute atomic E-state index is 12.9. The first-order chi connectivity index (χ1) is 14.0. The van der Waals surface area contributed by atoms with E-state index in [1.165, 1.54) is 5.56 Å². The van der Waals surface area contributed by atoms with Gasteiger partial charge < -0.3 is 4.90 Å². The Labute approximate surface area is 176 Å². The largest absolute Gasteiger partial charge is 0.336 e. The fraction of sp³-hybridized carbons (Fsp3) is 0.304. The summed E-state index contributed by atoms with van der Waals surface area (Å²) < 4.78 is 1.81. The fourth-order valence-electron chi connectivity index (χ4n) is 3.75. The number of aromatic nitrogens is 2. The summed E-state index contributed by atoms with van der Waals surface area (Å²) in [7, 11) is 0. The van der Waals surface area contributed by atoms with E-state index < -0.39 is 0 Å². The quantitative estimate of drug-likeness (QED) is 0.652. The van der Waals surface area contributed by atoms with Crippen LogP contribution in [0.1, 0.15) is 27.3 Å². The van der Waals surface area contributed by atoms with Gasteiger partial charge in [-0.1, -0.05) is 41.9 Å². The van der Waals surface area contributed by atoms with Crippen molar-refractivity contribution in [2.75, 3.05) is 26.2 Å². The van der Waals surface area contributed by atoms with E-state index in [1.54, 1.807) is 0 Å². The maximum Gasteiger partial charge on any atom is 0.253 e. The average molecular weight is 409 g/mol. The molecule has 0 aliphatic carbocycles. The molecule has 1 aliphatic heterocycles. The van der Waals surface area contributed by atoms with Gasteiger partial charge in [-0.25, -0.2) is 4.68 Å². The molecule has 1 amide bonds. The van der Waals surface area contributed by atoms with Gasteiger partial charge in [0.05, 0.1) is 22.1 Å². The Morgan fingerprint density at radius 1 is 0.966 bits per heavy atom. The van der Waals surface area contributed by atoms with Crippen molar-refractivity contribution >= 4 is 17.5 Å². The maximum atomic E-state index is 12.9. The second kappa shape index (κ2) is 8.39. The van der Waals surface area contributed by atoms with Crippen LogP contribution in [0.3, 0.4) is 0 Å². The predicted octanol–water partition coefficient (Wildman–Crippen LogP) is 4.10. The Kier molecular flexibility index (Phi) is 5.69. The highest BCUT2D eigenvalue weighted by atomic mass is 35.5. The lowest BCUT2D eigenvalue weighted by Crippen LogP contribution is -2.48. The lowest BCUT2D eigenvalue weighted by molar-refractivity contribution is 0.0628. The average Bonchev–Trinajstić information content (AvgIpc) is 3.02.